The molecule has 0 bridgehead atoms. The summed E-state index contributed by atoms with van der Waals surface area (Å²) in [6.45, 7) is -0.0969. The molecule has 0 radical (unpaired) electrons. The van der Waals surface area contributed by atoms with Gasteiger partial charge in [0, 0.05) is 11.8 Å². The first-order valence-corrected chi connectivity index (χ1v) is 9.26. The van der Waals surface area contributed by atoms with Gasteiger partial charge in [-0.05, 0) is 36.4 Å². The fourth-order valence-electron chi connectivity index (χ4n) is 3.20. The Morgan fingerprint density at radius 2 is 2.00 bits per heavy atom. The van der Waals surface area contributed by atoms with E-state index in [4.69, 9.17) is 4.74 Å². The molecule has 3 aromatic rings. The first-order chi connectivity index (χ1) is 14.8. The normalized spacial score (nSPS) is 15.3. The van der Waals surface area contributed by atoms with Crippen LogP contribution in [0.1, 0.15) is 11.3 Å². The van der Waals surface area contributed by atoms with E-state index >= 15 is 0 Å². The van der Waals surface area contributed by atoms with E-state index in [1.807, 2.05) is 5.87 Å². The van der Waals surface area contributed by atoms with E-state index in [9.17, 15) is 18.6 Å². The van der Waals surface area contributed by atoms with Gasteiger partial charge in [0.15, 0.2) is 5.36 Å². The van der Waals surface area contributed by atoms with Crippen molar-refractivity contribution in [3.63, 3.8) is 0 Å². The van der Waals surface area contributed by atoms with E-state index in [-0.39, 0.29) is 29.0 Å². The van der Waals surface area contributed by atoms with Gasteiger partial charge in [0.1, 0.15) is 30.4 Å². The third-order valence-corrected chi connectivity index (χ3v) is 4.88. The highest BCUT2D eigenvalue weighted by molar-refractivity contribution is 5.68. The fraction of sp³-hybridized carbons (Fsp3) is 0.190. The minimum absolute atomic E-state index is 0.0558. The molecule has 0 aliphatic carbocycles. The third-order valence-electron chi connectivity index (χ3n) is 4.88. The second kappa shape index (κ2) is 7.82. The molecule has 2 aromatic heterocycles. The van der Waals surface area contributed by atoms with Crippen molar-refractivity contribution < 1.29 is 23.0 Å². The molecule has 1 N–H and O–H groups in total. The van der Waals surface area contributed by atoms with Gasteiger partial charge in [0.25, 0.3) is 0 Å². The van der Waals surface area contributed by atoms with Gasteiger partial charge >= 0.3 is 6.18 Å². The summed E-state index contributed by atoms with van der Waals surface area (Å²) in [7, 11) is 3.54. The molecule has 1 unspecified atom stereocenters. The Bertz CT molecular complexity index is 1270. The maximum atomic E-state index is 13.8. The molecule has 0 saturated heterocycles. The SMILES string of the molecule is CN1c2cc(-c3ccc(OCc4ccccn4)c(C(F)(F)F)c3)nc(=C=[N-])c2=N[NH+]1C. The molecule has 1 aliphatic rings. The molecule has 0 amide bonds. The number of anilines is 1. The number of quaternary nitrogens is 1. The van der Waals surface area contributed by atoms with Gasteiger partial charge in [0.05, 0.1) is 24.0 Å². The van der Waals surface area contributed by atoms with Crippen molar-refractivity contribution in [1.82, 2.24) is 9.97 Å². The largest absolute Gasteiger partial charge is 0.761 e. The number of fused-ring (bicyclic) bond motifs is 1. The number of ether oxygens (including phenoxy) is 1. The van der Waals surface area contributed by atoms with Gasteiger partial charge in [-0.3, -0.25) is 4.98 Å². The topological polar surface area (TPSA) is 77.3 Å². The van der Waals surface area contributed by atoms with Crippen molar-refractivity contribution in [1.29, 1.82) is 0 Å². The summed E-state index contributed by atoms with van der Waals surface area (Å²) >= 11 is 0. The summed E-state index contributed by atoms with van der Waals surface area (Å²) < 4.78 is 46.7. The highest BCUT2D eigenvalue weighted by atomic mass is 19.4. The molecule has 1 aliphatic heterocycles. The maximum absolute atomic E-state index is 13.8. The molecule has 0 spiro atoms. The van der Waals surface area contributed by atoms with Crippen LogP contribution in [0, 0.1) is 0 Å². The van der Waals surface area contributed by atoms with Crippen molar-refractivity contribution in [2.45, 2.75) is 12.8 Å². The molecule has 3 heterocycles. The Balaban J connectivity index is 1.76. The number of benzene rings is 1. The van der Waals surface area contributed by atoms with E-state index < -0.39 is 11.7 Å². The van der Waals surface area contributed by atoms with Crippen LogP contribution >= 0.6 is 0 Å². The first kappa shape index (κ1) is 20.5. The molecule has 1 atom stereocenters. The lowest BCUT2D eigenvalue weighted by Gasteiger charge is -2.16. The van der Waals surface area contributed by atoms with E-state index in [0.717, 1.165) is 6.07 Å². The van der Waals surface area contributed by atoms with Gasteiger partial charge < -0.3 is 10.1 Å². The number of nitrogens with zero attached hydrogens (tertiary/aromatic N) is 5. The average Bonchev–Trinajstić information content (AvgIpc) is 3.05. The lowest BCUT2D eigenvalue weighted by Crippen LogP contribution is -3.10. The van der Waals surface area contributed by atoms with Crippen LogP contribution in [-0.4, -0.2) is 29.9 Å². The number of hydrogen-bond donors (Lipinski definition) is 1. The summed E-state index contributed by atoms with van der Waals surface area (Å²) in [6.07, 6.45) is -3.10. The number of hydrogen-bond acceptors (Lipinski definition) is 5. The Morgan fingerprint density at radius 3 is 2.68 bits per heavy atom. The zero-order chi connectivity index (χ0) is 22.2. The smallest absolute Gasteiger partial charge is 0.419 e. The van der Waals surface area contributed by atoms with Crippen LogP contribution in [0.15, 0.2) is 53.8 Å². The van der Waals surface area contributed by atoms with Crippen molar-refractivity contribution in [2.24, 2.45) is 5.10 Å². The molecule has 7 nitrogen and oxygen atoms in total. The van der Waals surface area contributed by atoms with E-state index in [0.29, 0.717) is 21.9 Å². The number of pyridine rings is 2. The monoisotopic (exact) mass is 426 g/mol. The van der Waals surface area contributed by atoms with Gasteiger partial charge in [0.2, 0.25) is 0 Å². The quantitative estimate of drug-likeness (QED) is 0.634. The highest BCUT2D eigenvalue weighted by Gasteiger charge is 2.35. The van der Waals surface area contributed by atoms with Crippen LogP contribution in [0.25, 0.3) is 16.7 Å². The Kier molecular flexibility index (Phi) is 5.18. The zero-order valence-electron chi connectivity index (χ0n) is 16.6. The molecule has 0 fully saturated rings. The molecule has 4 rings (SSSR count). The number of halogens is 3. The number of alkyl halides is 3. The summed E-state index contributed by atoms with van der Waals surface area (Å²) in [6, 6.07) is 10.5. The van der Waals surface area contributed by atoms with Gasteiger partial charge in [-0.15, -0.1) is 5.12 Å². The molecule has 31 heavy (non-hydrogen) atoms. The number of aromatic nitrogens is 2. The maximum Gasteiger partial charge on any atom is 0.419 e. The molecule has 158 valence electrons. The minimum atomic E-state index is -4.64. The lowest BCUT2D eigenvalue weighted by atomic mass is 10.1. The number of rotatable bonds is 4. The van der Waals surface area contributed by atoms with E-state index in [1.165, 1.54) is 12.1 Å². The Labute approximate surface area is 175 Å². The average molecular weight is 426 g/mol. The van der Waals surface area contributed by atoms with Crippen molar-refractivity contribution in [3.05, 3.63) is 76.0 Å². The van der Waals surface area contributed by atoms with Crippen LogP contribution in [0.3, 0.4) is 0 Å². The second-order valence-electron chi connectivity index (χ2n) is 6.87. The predicted molar refractivity (Wildman–Crippen MR) is 107 cm³/mol. The molecule has 10 heteroatoms. The van der Waals surface area contributed by atoms with Gasteiger partial charge in [-0.1, -0.05) is 11.2 Å². The summed E-state index contributed by atoms with van der Waals surface area (Å²) in [4.78, 5) is 8.29. The third kappa shape index (κ3) is 3.98. The predicted octanol–water partition coefficient (Wildman–Crippen LogP) is 1.07. The van der Waals surface area contributed by atoms with E-state index in [1.54, 1.807) is 49.6 Å². The summed E-state index contributed by atoms with van der Waals surface area (Å²) in [5.41, 5.74) is 0.659. The molecule has 0 saturated carbocycles. The van der Waals surface area contributed by atoms with E-state index in [2.05, 4.69) is 15.1 Å². The van der Waals surface area contributed by atoms with Crippen molar-refractivity contribution >= 4 is 11.6 Å². The van der Waals surface area contributed by atoms with Crippen LogP contribution in [0.4, 0.5) is 18.9 Å². The van der Waals surface area contributed by atoms with Gasteiger partial charge in [-0.2, -0.15) is 13.2 Å². The van der Waals surface area contributed by atoms with Gasteiger partial charge in [-0.25, -0.2) is 15.9 Å². The standard InChI is InChI=1S/C21H16F3N6O/c1-29-18-10-16(27-17(11-25)20(18)28-30(29)2)13-6-7-19(15(9-13)21(22,23)24)31-12-14-5-3-4-8-26-14/h3-10H,12H2,1-2H3/q-1/p+1. The Morgan fingerprint density at radius 1 is 1.19 bits per heavy atom. The minimum Gasteiger partial charge on any atom is -0.761 e. The fourth-order valence-corrected chi connectivity index (χ4v) is 3.20. The zero-order valence-corrected chi connectivity index (χ0v) is 16.6. The molecular weight excluding hydrogens is 409 g/mol. The van der Waals surface area contributed by atoms with Crippen molar-refractivity contribution in [3.8, 4) is 17.0 Å². The second-order valence-corrected chi connectivity index (χ2v) is 6.87. The molecule has 1 aromatic carbocycles. The van der Waals surface area contributed by atoms with Crippen LogP contribution in [0.5, 0.6) is 5.75 Å². The van der Waals surface area contributed by atoms with Crippen LogP contribution < -0.4 is 25.6 Å². The molecular formula is C21H17F3N6O. The first-order valence-electron chi connectivity index (χ1n) is 9.26. The summed E-state index contributed by atoms with van der Waals surface area (Å²) in [5, 5.41) is 16.7. The summed E-state index contributed by atoms with van der Waals surface area (Å²) in [5.74, 6) is 1.67. The Hall–Kier alpha value is -3.75. The lowest BCUT2D eigenvalue weighted by molar-refractivity contribution is -0.892. The van der Waals surface area contributed by atoms with Crippen LogP contribution in [0.2, 0.25) is 0 Å². The highest BCUT2D eigenvalue weighted by Crippen LogP contribution is 2.38. The van der Waals surface area contributed by atoms with Crippen LogP contribution in [-0.2, 0) is 12.8 Å². The number of nitrogens with one attached hydrogen (secondary N) is 1. The van der Waals surface area contributed by atoms with Crippen molar-refractivity contribution in [2.75, 3.05) is 19.1 Å².